The van der Waals surface area contributed by atoms with Crippen LogP contribution in [0.2, 0.25) is 0 Å². The third-order valence-electron chi connectivity index (χ3n) is 5.25. The van der Waals surface area contributed by atoms with Crippen LogP contribution in [0.25, 0.3) is 10.2 Å². The molecule has 4 rings (SSSR count). The highest BCUT2D eigenvalue weighted by Crippen LogP contribution is 2.31. The zero-order chi connectivity index (χ0) is 18.4. The number of aromatic nitrogens is 2. The molecule has 0 bridgehead atoms. The van der Waals surface area contributed by atoms with E-state index in [0.29, 0.717) is 5.39 Å². The van der Waals surface area contributed by atoms with Gasteiger partial charge in [0.1, 0.15) is 11.4 Å². The van der Waals surface area contributed by atoms with E-state index >= 15 is 0 Å². The molecule has 1 aliphatic rings. The number of para-hydroxylation sites is 1. The topological polar surface area (TPSA) is 55.2 Å². The molecule has 3 heterocycles. The summed E-state index contributed by atoms with van der Waals surface area (Å²) in [6, 6.07) is 8.13. The lowest BCUT2D eigenvalue weighted by molar-refractivity contribution is -0.119. The molecule has 0 spiro atoms. The maximum absolute atomic E-state index is 13.1. The van der Waals surface area contributed by atoms with Gasteiger partial charge in [-0.05, 0) is 50.8 Å². The van der Waals surface area contributed by atoms with Crippen molar-refractivity contribution in [2.75, 3.05) is 4.90 Å². The predicted octanol–water partition coefficient (Wildman–Crippen LogP) is 3.44. The Labute approximate surface area is 155 Å². The largest absolute Gasteiger partial charge is 0.308 e. The highest BCUT2D eigenvalue weighted by atomic mass is 32.1. The Kier molecular flexibility index (Phi) is 4.15. The minimum atomic E-state index is -0.136. The number of nitrogens with zero attached hydrogens (tertiary/aromatic N) is 3. The van der Waals surface area contributed by atoms with Crippen LogP contribution in [0.4, 0.5) is 5.69 Å². The van der Waals surface area contributed by atoms with E-state index in [4.69, 9.17) is 0 Å². The second-order valence-electron chi connectivity index (χ2n) is 6.92. The fraction of sp³-hybridized carbons (Fsp3) is 0.350. The summed E-state index contributed by atoms with van der Waals surface area (Å²) >= 11 is 1.52. The van der Waals surface area contributed by atoms with Gasteiger partial charge in [0, 0.05) is 16.6 Å². The average molecular weight is 367 g/mol. The van der Waals surface area contributed by atoms with Crippen molar-refractivity contribution in [1.82, 2.24) is 9.55 Å². The molecular weight excluding hydrogens is 346 g/mol. The van der Waals surface area contributed by atoms with E-state index in [-0.39, 0.29) is 24.1 Å². The molecule has 1 aliphatic heterocycles. The van der Waals surface area contributed by atoms with E-state index in [9.17, 15) is 9.59 Å². The lowest BCUT2D eigenvalue weighted by atomic mass is 9.96. The first kappa shape index (κ1) is 17.0. The molecule has 1 atom stereocenters. The van der Waals surface area contributed by atoms with Crippen molar-refractivity contribution in [2.24, 2.45) is 0 Å². The minimum absolute atomic E-state index is 0.00871. The van der Waals surface area contributed by atoms with Crippen LogP contribution in [-0.2, 0) is 17.8 Å². The number of thiophene rings is 1. The molecule has 0 aliphatic carbocycles. The van der Waals surface area contributed by atoms with E-state index < -0.39 is 0 Å². The summed E-state index contributed by atoms with van der Waals surface area (Å²) in [5.74, 6) is -0.0718. The van der Waals surface area contributed by atoms with Gasteiger partial charge in [-0.2, -0.15) is 0 Å². The van der Waals surface area contributed by atoms with Crippen LogP contribution in [0.3, 0.4) is 0 Å². The molecule has 1 amide bonds. The van der Waals surface area contributed by atoms with Gasteiger partial charge in [-0.3, -0.25) is 14.2 Å². The molecule has 5 nitrogen and oxygen atoms in total. The number of fused-ring (bicyclic) bond motifs is 2. The molecule has 134 valence electrons. The predicted molar refractivity (Wildman–Crippen MR) is 105 cm³/mol. The number of hydrogen-bond acceptors (Lipinski definition) is 4. The van der Waals surface area contributed by atoms with Gasteiger partial charge in [0.15, 0.2) is 0 Å². The Morgan fingerprint density at radius 2 is 2.08 bits per heavy atom. The van der Waals surface area contributed by atoms with E-state index in [1.165, 1.54) is 27.8 Å². The van der Waals surface area contributed by atoms with Gasteiger partial charge in [0.05, 0.1) is 11.7 Å². The Morgan fingerprint density at radius 1 is 1.31 bits per heavy atom. The fourth-order valence-electron chi connectivity index (χ4n) is 3.67. The first-order valence-electron chi connectivity index (χ1n) is 8.82. The molecule has 0 N–H and O–H groups in total. The fourth-order valence-corrected chi connectivity index (χ4v) is 4.66. The maximum atomic E-state index is 13.1. The van der Waals surface area contributed by atoms with Crippen molar-refractivity contribution in [2.45, 2.75) is 46.2 Å². The number of rotatable bonds is 2. The monoisotopic (exact) mass is 367 g/mol. The molecule has 0 fully saturated rings. The number of aryl methyl sites for hydroxylation is 3. The second kappa shape index (κ2) is 6.36. The summed E-state index contributed by atoms with van der Waals surface area (Å²) in [4.78, 5) is 34.0. The maximum Gasteiger partial charge on any atom is 0.262 e. The number of hydrogen-bond donors (Lipinski definition) is 0. The van der Waals surface area contributed by atoms with E-state index in [2.05, 4.69) is 18.0 Å². The van der Waals surface area contributed by atoms with Crippen LogP contribution < -0.4 is 10.5 Å². The Balaban J connectivity index is 1.71. The van der Waals surface area contributed by atoms with Crippen LogP contribution >= 0.6 is 11.3 Å². The van der Waals surface area contributed by atoms with Gasteiger partial charge < -0.3 is 4.90 Å². The van der Waals surface area contributed by atoms with Gasteiger partial charge >= 0.3 is 0 Å². The number of carbonyl (C=O) groups excluding carboxylic acids is 1. The van der Waals surface area contributed by atoms with Gasteiger partial charge in [-0.15, -0.1) is 11.3 Å². The van der Waals surface area contributed by atoms with Crippen molar-refractivity contribution < 1.29 is 4.79 Å². The highest BCUT2D eigenvalue weighted by molar-refractivity contribution is 7.18. The molecule has 0 saturated heterocycles. The number of benzene rings is 1. The first-order valence-corrected chi connectivity index (χ1v) is 9.64. The normalized spacial score (nSPS) is 16.7. The molecule has 0 saturated carbocycles. The summed E-state index contributed by atoms with van der Waals surface area (Å²) < 4.78 is 1.44. The summed E-state index contributed by atoms with van der Waals surface area (Å²) in [6.45, 7) is 5.99. The summed E-state index contributed by atoms with van der Waals surface area (Å²) in [6.07, 6.45) is 3.40. The summed E-state index contributed by atoms with van der Waals surface area (Å²) in [5, 5.41) is 0.634. The average Bonchev–Trinajstić information content (AvgIpc) is 2.92. The molecular formula is C20H21N3O2S. The molecule has 6 heteroatoms. The third-order valence-corrected chi connectivity index (χ3v) is 6.37. The lowest BCUT2D eigenvalue weighted by Crippen LogP contribution is -2.44. The third kappa shape index (κ3) is 2.65. The molecule has 0 unspecified atom stereocenters. The van der Waals surface area contributed by atoms with E-state index in [1.807, 2.05) is 36.9 Å². The SMILES string of the molecule is Cc1sc2ncn(CC(=O)N3c4ccccc4CC[C@H]3C)c(=O)c2c1C. The zero-order valence-electron chi connectivity index (χ0n) is 15.2. The van der Waals surface area contributed by atoms with Gasteiger partial charge in [-0.1, -0.05) is 18.2 Å². The van der Waals surface area contributed by atoms with Crippen molar-refractivity contribution in [1.29, 1.82) is 0 Å². The number of anilines is 1. The Hall–Kier alpha value is -2.47. The second-order valence-corrected chi connectivity index (χ2v) is 8.12. The Bertz CT molecular complexity index is 1070. The van der Waals surface area contributed by atoms with Crippen LogP contribution in [0.1, 0.15) is 29.3 Å². The molecule has 0 radical (unpaired) electrons. The van der Waals surface area contributed by atoms with Crippen molar-refractivity contribution in [3.05, 3.63) is 57.0 Å². The lowest BCUT2D eigenvalue weighted by Gasteiger charge is -2.35. The smallest absolute Gasteiger partial charge is 0.262 e. The van der Waals surface area contributed by atoms with Crippen LogP contribution in [0, 0.1) is 13.8 Å². The van der Waals surface area contributed by atoms with Crippen molar-refractivity contribution in [3.63, 3.8) is 0 Å². The first-order chi connectivity index (χ1) is 12.5. The Morgan fingerprint density at radius 3 is 2.88 bits per heavy atom. The zero-order valence-corrected chi connectivity index (χ0v) is 16.0. The van der Waals surface area contributed by atoms with Crippen LogP contribution in [0.15, 0.2) is 35.4 Å². The van der Waals surface area contributed by atoms with Gasteiger partial charge in [-0.25, -0.2) is 4.98 Å². The number of amides is 1. The summed E-state index contributed by atoms with van der Waals surface area (Å²) in [5.41, 5.74) is 2.97. The highest BCUT2D eigenvalue weighted by Gasteiger charge is 2.28. The van der Waals surface area contributed by atoms with Gasteiger partial charge in [0.2, 0.25) is 5.91 Å². The van der Waals surface area contributed by atoms with Crippen LogP contribution in [-0.4, -0.2) is 21.5 Å². The minimum Gasteiger partial charge on any atom is -0.308 e. The summed E-state index contributed by atoms with van der Waals surface area (Å²) in [7, 11) is 0. The van der Waals surface area contributed by atoms with Crippen LogP contribution in [0.5, 0.6) is 0 Å². The van der Waals surface area contributed by atoms with Gasteiger partial charge in [0.25, 0.3) is 5.56 Å². The van der Waals surface area contributed by atoms with Crippen molar-refractivity contribution >= 4 is 33.1 Å². The van der Waals surface area contributed by atoms with E-state index in [0.717, 1.165) is 33.8 Å². The van der Waals surface area contributed by atoms with Crippen molar-refractivity contribution in [3.8, 4) is 0 Å². The molecule has 1 aromatic carbocycles. The molecule has 3 aromatic rings. The quantitative estimate of drug-likeness (QED) is 0.697. The molecule has 26 heavy (non-hydrogen) atoms. The number of carbonyl (C=O) groups is 1. The standard InChI is InChI=1S/C20H21N3O2S/c1-12-8-9-15-6-4-5-7-16(15)23(12)17(24)10-22-11-21-19-18(20(22)25)13(2)14(3)26-19/h4-7,11-12H,8-10H2,1-3H3/t12-/m1/s1. The van der Waals surface area contributed by atoms with E-state index in [1.54, 1.807) is 0 Å². The molecule has 2 aromatic heterocycles.